The Morgan fingerprint density at radius 1 is 0.591 bits per heavy atom. The van der Waals surface area contributed by atoms with Crippen molar-refractivity contribution in [2.75, 3.05) is 20.9 Å². The van der Waals surface area contributed by atoms with Gasteiger partial charge in [0.05, 0.1) is 11.5 Å². The van der Waals surface area contributed by atoms with Crippen molar-refractivity contribution in [1.82, 2.24) is 0 Å². The molecule has 2 aromatic rings. The summed E-state index contributed by atoms with van der Waals surface area (Å²) in [6.45, 7) is 0. The Balaban J connectivity index is 1.96. The summed E-state index contributed by atoms with van der Waals surface area (Å²) in [6, 6.07) is 16.6. The van der Waals surface area contributed by atoms with Crippen LogP contribution in [0.5, 0.6) is 0 Å². The van der Waals surface area contributed by atoms with Crippen molar-refractivity contribution in [2.45, 2.75) is 0 Å². The maximum Gasteiger partial charge on any atom is 0.233 e. The van der Waals surface area contributed by atoms with Crippen LogP contribution < -0.4 is 9.44 Å². The molecule has 0 atom stereocenters. The van der Waals surface area contributed by atoms with Crippen molar-refractivity contribution < 1.29 is 16.8 Å². The fraction of sp³-hybridized carbons (Fsp3) is 0.143. The quantitative estimate of drug-likeness (QED) is 0.805. The summed E-state index contributed by atoms with van der Waals surface area (Å²) in [5.74, 6) is -1.05. The molecule has 22 heavy (non-hydrogen) atoms. The second-order valence-electron chi connectivity index (χ2n) is 4.57. The highest BCUT2D eigenvalue weighted by Crippen LogP contribution is 2.10. The second-order valence-corrected chi connectivity index (χ2v) is 8.26. The van der Waals surface area contributed by atoms with Gasteiger partial charge in [0.25, 0.3) is 0 Å². The van der Waals surface area contributed by atoms with Gasteiger partial charge in [0.2, 0.25) is 20.0 Å². The zero-order valence-electron chi connectivity index (χ0n) is 11.6. The molecule has 0 saturated carbocycles. The standard InChI is InChI=1S/C14H16N2O4S2/c17-21(18,15-13-7-3-1-4-8-13)11-12-22(19,20)16-14-9-5-2-6-10-14/h1-10,15-16H,11-12H2. The third-order valence-corrected chi connectivity index (χ3v) is 5.55. The summed E-state index contributed by atoms with van der Waals surface area (Å²) >= 11 is 0. The Morgan fingerprint density at radius 3 is 1.23 bits per heavy atom. The van der Waals surface area contributed by atoms with E-state index < -0.39 is 31.6 Å². The highest BCUT2D eigenvalue weighted by Gasteiger charge is 2.17. The van der Waals surface area contributed by atoms with E-state index >= 15 is 0 Å². The van der Waals surface area contributed by atoms with Crippen LogP contribution in [-0.4, -0.2) is 28.3 Å². The normalized spacial score (nSPS) is 11.8. The Labute approximate surface area is 130 Å². The number of anilines is 2. The molecule has 0 spiro atoms. The largest absolute Gasteiger partial charge is 0.284 e. The fourth-order valence-electron chi connectivity index (χ4n) is 1.69. The Kier molecular flexibility index (Phi) is 5.04. The van der Waals surface area contributed by atoms with Crippen molar-refractivity contribution in [2.24, 2.45) is 0 Å². The van der Waals surface area contributed by atoms with Crippen LogP contribution in [0.3, 0.4) is 0 Å². The fourth-order valence-corrected chi connectivity index (χ4v) is 4.64. The van der Waals surface area contributed by atoms with Crippen LogP contribution >= 0.6 is 0 Å². The van der Waals surface area contributed by atoms with Crippen LogP contribution in [0.25, 0.3) is 0 Å². The van der Waals surface area contributed by atoms with Gasteiger partial charge in [-0.25, -0.2) is 16.8 Å². The van der Waals surface area contributed by atoms with E-state index in [2.05, 4.69) is 9.44 Å². The minimum atomic E-state index is -3.73. The van der Waals surface area contributed by atoms with E-state index in [-0.39, 0.29) is 0 Å². The molecule has 0 aliphatic rings. The first-order valence-electron chi connectivity index (χ1n) is 6.47. The van der Waals surface area contributed by atoms with Crippen LogP contribution in [0.4, 0.5) is 11.4 Å². The van der Waals surface area contributed by atoms with Crippen molar-refractivity contribution in [1.29, 1.82) is 0 Å². The Hall–Kier alpha value is -2.06. The van der Waals surface area contributed by atoms with Gasteiger partial charge in [0.1, 0.15) is 0 Å². The Bertz CT molecular complexity index is 733. The summed E-state index contributed by atoms with van der Waals surface area (Å²) in [7, 11) is -7.46. The maximum absolute atomic E-state index is 11.9. The van der Waals surface area contributed by atoms with Gasteiger partial charge < -0.3 is 0 Å². The minimum absolute atomic E-state index is 0.399. The highest BCUT2D eigenvalue weighted by molar-refractivity contribution is 7.96. The lowest BCUT2D eigenvalue weighted by Gasteiger charge is -2.10. The minimum Gasteiger partial charge on any atom is -0.284 e. The van der Waals surface area contributed by atoms with Crippen LogP contribution in [0.15, 0.2) is 60.7 Å². The molecule has 118 valence electrons. The van der Waals surface area contributed by atoms with Gasteiger partial charge in [0, 0.05) is 11.4 Å². The molecular formula is C14H16N2O4S2. The van der Waals surface area contributed by atoms with Gasteiger partial charge in [-0.2, -0.15) is 0 Å². The van der Waals surface area contributed by atoms with Crippen LogP contribution in [-0.2, 0) is 20.0 Å². The number of sulfonamides is 2. The predicted octanol–water partition coefficient (Wildman–Crippen LogP) is 1.87. The number of hydrogen-bond acceptors (Lipinski definition) is 4. The topological polar surface area (TPSA) is 92.3 Å². The third-order valence-electron chi connectivity index (χ3n) is 2.72. The van der Waals surface area contributed by atoms with Gasteiger partial charge in [-0.05, 0) is 24.3 Å². The van der Waals surface area contributed by atoms with Gasteiger partial charge in [-0.3, -0.25) is 9.44 Å². The smallest absolute Gasteiger partial charge is 0.233 e. The van der Waals surface area contributed by atoms with E-state index in [0.29, 0.717) is 11.4 Å². The van der Waals surface area contributed by atoms with Crippen molar-refractivity contribution in [3.05, 3.63) is 60.7 Å². The number of hydrogen-bond donors (Lipinski definition) is 2. The van der Waals surface area contributed by atoms with Crippen LogP contribution in [0, 0.1) is 0 Å². The molecule has 8 heteroatoms. The number of para-hydroxylation sites is 2. The summed E-state index contributed by atoms with van der Waals surface area (Å²) in [6.07, 6.45) is 0. The zero-order chi connectivity index (χ0) is 16.1. The SMILES string of the molecule is O=S(=O)(CCS(=O)(=O)Nc1ccccc1)Nc1ccccc1. The van der Waals surface area contributed by atoms with Crippen molar-refractivity contribution >= 4 is 31.4 Å². The average molecular weight is 340 g/mol. The van der Waals surface area contributed by atoms with E-state index in [9.17, 15) is 16.8 Å². The van der Waals surface area contributed by atoms with E-state index in [1.807, 2.05) is 0 Å². The molecule has 2 rings (SSSR count). The van der Waals surface area contributed by atoms with Gasteiger partial charge in [0.15, 0.2) is 0 Å². The van der Waals surface area contributed by atoms with Crippen molar-refractivity contribution in [3.8, 4) is 0 Å². The molecular weight excluding hydrogens is 324 g/mol. The lowest BCUT2D eigenvalue weighted by molar-refractivity contribution is 0.593. The first-order chi connectivity index (χ1) is 10.4. The zero-order valence-corrected chi connectivity index (χ0v) is 13.3. The summed E-state index contributed by atoms with van der Waals surface area (Å²) in [5.41, 5.74) is 0.798. The van der Waals surface area contributed by atoms with E-state index in [1.165, 1.54) is 0 Å². The first-order valence-corrected chi connectivity index (χ1v) is 9.78. The lowest BCUT2D eigenvalue weighted by Crippen LogP contribution is -2.26. The molecule has 0 fully saturated rings. The molecule has 0 amide bonds. The van der Waals surface area contributed by atoms with Crippen molar-refractivity contribution in [3.63, 3.8) is 0 Å². The maximum atomic E-state index is 11.9. The molecule has 0 aliphatic carbocycles. The second kappa shape index (κ2) is 6.80. The third kappa shape index (κ3) is 5.38. The molecule has 0 saturated heterocycles. The van der Waals surface area contributed by atoms with Gasteiger partial charge >= 0.3 is 0 Å². The molecule has 2 N–H and O–H groups in total. The number of nitrogens with one attached hydrogen (secondary N) is 2. The average Bonchev–Trinajstić information content (AvgIpc) is 2.47. The Morgan fingerprint density at radius 2 is 0.909 bits per heavy atom. The van der Waals surface area contributed by atoms with Crippen LogP contribution in [0.1, 0.15) is 0 Å². The summed E-state index contributed by atoms with van der Waals surface area (Å²) in [5, 5.41) is 0. The molecule has 0 radical (unpaired) electrons. The highest BCUT2D eigenvalue weighted by atomic mass is 32.2. The molecule has 0 aliphatic heterocycles. The van der Waals surface area contributed by atoms with E-state index in [4.69, 9.17) is 0 Å². The molecule has 0 heterocycles. The first kappa shape index (κ1) is 16.3. The molecule has 0 bridgehead atoms. The van der Waals surface area contributed by atoms with E-state index in [1.54, 1.807) is 60.7 Å². The lowest BCUT2D eigenvalue weighted by atomic mass is 10.3. The molecule has 2 aromatic carbocycles. The molecule has 0 aromatic heterocycles. The number of rotatable bonds is 7. The predicted molar refractivity (Wildman–Crippen MR) is 87.7 cm³/mol. The summed E-state index contributed by atoms with van der Waals surface area (Å²) < 4.78 is 52.3. The van der Waals surface area contributed by atoms with Gasteiger partial charge in [-0.1, -0.05) is 36.4 Å². The molecule has 0 unspecified atom stereocenters. The van der Waals surface area contributed by atoms with E-state index in [0.717, 1.165) is 0 Å². The van der Waals surface area contributed by atoms with Gasteiger partial charge in [-0.15, -0.1) is 0 Å². The van der Waals surface area contributed by atoms with Crippen LogP contribution in [0.2, 0.25) is 0 Å². The molecule has 6 nitrogen and oxygen atoms in total. The number of benzene rings is 2. The monoisotopic (exact) mass is 340 g/mol. The summed E-state index contributed by atoms with van der Waals surface area (Å²) in [4.78, 5) is 0.